The molecule has 2 aliphatic heterocycles. The van der Waals surface area contributed by atoms with E-state index in [0.717, 1.165) is 37.0 Å². The highest BCUT2D eigenvalue weighted by Crippen LogP contribution is 2.41. The van der Waals surface area contributed by atoms with Crippen LogP contribution in [0, 0.1) is 0 Å². The molecule has 2 fully saturated rings. The van der Waals surface area contributed by atoms with E-state index in [1.54, 1.807) is 24.3 Å². The fourth-order valence-corrected chi connectivity index (χ4v) is 4.65. The van der Waals surface area contributed by atoms with Crippen LogP contribution in [-0.4, -0.2) is 55.2 Å². The number of rotatable bonds is 4. The topological polar surface area (TPSA) is 88.9 Å². The zero-order valence-corrected chi connectivity index (χ0v) is 15.7. The Morgan fingerprint density at radius 2 is 1.82 bits per heavy atom. The third-order valence-corrected chi connectivity index (χ3v) is 5.90. The standard InChI is InChI=1S/C20H22N6O2/c1-28-19-5-3-2-4-16(19)17-12-18(24-23-17)20(27)25-13-6-7-14(25)11-15(10-13)26-21-8-9-22-26/h2-5,8-9,12-15H,6-7,10-11H2,1H3,(H,23,24). The van der Waals surface area contributed by atoms with Crippen LogP contribution >= 0.6 is 0 Å². The zero-order valence-electron chi connectivity index (χ0n) is 15.7. The molecule has 2 aliphatic rings. The van der Waals surface area contributed by atoms with Gasteiger partial charge in [0.05, 0.1) is 31.2 Å². The summed E-state index contributed by atoms with van der Waals surface area (Å²) in [6.07, 6.45) is 7.27. The maximum atomic E-state index is 13.2. The molecule has 28 heavy (non-hydrogen) atoms. The Hall–Kier alpha value is -3.16. The fraction of sp³-hybridized carbons (Fsp3) is 0.400. The number of aromatic nitrogens is 5. The maximum absolute atomic E-state index is 13.2. The first-order valence-electron chi connectivity index (χ1n) is 9.62. The lowest BCUT2D eigenvalue weighted by molar-refractivity contribution is 0.0506. The fourth-order valence-electron chi connectivity index (χ4n) is 4.65. The van der Waals surface area contributed by atoms with Crippen LogP contribution in [0.3, 0.4) is 0 Å². The summed E-state index contributed by atoms with van der Waals surface area (Å²) in [5, 5.41) is 15.9. The number of fused-ring (bicyclic) bond motifs is 2. The van der Waals surface area contributed by atoms with E-state index in [1.807, 2.05) is 35.2 Å². The van der Waals surface area contributed by atoms with Gasteiger partial charge in [-0.3, -0.25) is 9.89 Å². The molecule has 2 atom stereocenters. The molecule has 144 valence electrons. The lowest BCUT2D eigenvalue weighted by Gasteiger charge is -2.38. The number of carbonyl (C=O) groups is 1. The van der Waals surface area contributed by atoms with E-state index < -0.39 is 0 Å². The van der Waals surface area contributed by atoms with Crippen molar-refractivity contribution in [2.24, 2.45) is 0 Å². The summed E-state index contributed by atoms with van der Waals surface area (Å²) < 4.78 is 5.41. The highest BCUT2D eigenvalue weighted by atomic mass is 16.5. The van der Waals surface area contributed by atoms with Crippen LogP contribution in [0.4, 0.5) is 0 Å². The van der Waals surface area contributed by atoms with Gasteiger partial charge in [-0.25, -0.2) is 0 Å². The minimum atomic E-state index is 0.0213. The predicted molar refractivity (Wildman–Crippen MR) is 102 cm³/mol. The summed E-state index contributed by atoms with van der Waals surface area (Å²) in [6.45, 7) is 0. The molecule has 4 heterocycles. The number of nitrogens with zero attached hydrogens (tertiary/aromatic N) is 5. The number of nitrogens with one attached hydrogen (secondary N) is 1. The van der Waals surface area contributed by atoms with Gasteiger partial charge in [0.1, 0.15) is 11.4 Å². The minimum Gasteiger partial charge on any atom is -0.496 e. The van der Waals surface area contributed by atoms with E-state index in [0.29, 0.717) is 11.4 Å². The lowest BCUT2D eigenvalue weighted by Crippen LogP contribution is -2.47. The van der Waals surface area contributed by atoms with E-state index in [1.165, 1.54) is 0 Å². The number of para-hydroxylation sites is 1. The van der Waals surface area contributed by atoms with Crippen molar-refractivity contribution in [1.29, 1.82) is 0 Å². The molecule has 0 saturated carbocycles. The highest BCUT2D eigenvalue weighted by molar-refractivity contribution is 5.94. The second-order valence-electron chi connectivity index (χ2n) is 7.44. The van der Waals surface area contributed by atoms with Gasteiger partial charge in [-0.15, -0.1) is 0 Å². The number of methoxy groups -OCH3 is 1. The van der Waals surface area contributed by atoms with Gasteiger partial charge in [-0.1, -0.05) is 12.1 Å². The number of H-pyrrole nitrogens is 1. The van der Waals surface area contributed by atoms with Crippen molar-refractivity contribution in [2.45, 2.75) is 43.8 Å². The second kappa shape index (κ2) is 6.78. The molecule has 0 spiro atoms. The van der Waals surface area contributed by atoms with E-state index >= 15 is 0 Å². The average Bonchev–Trinajstić information content (AvgIpc) is 3.47. The molecule has 8 heteroatoms. The minimum absolute atomic E-state index is 0.0213. The van der Waals surface area contributed by atoms with Gasteiger partial charge in [0, 0.05) is 17.6 Å². The molecular formula is C20H22N6O2. The molecular weight excluding hydrogens is 356 g/mol. The third kappa shape index (κ3) is 2.76. The smallest absolute Gasteiger partial charge is 0.272 e. The quantitative estimate of drug-likeness (QED) is 0.754. The first kappa shape index (κ1) is 17.0. The zero-order chi connectivity index (χ0) is 19.1. The molecule has 8 nitrogen and oxygen atoms in total. The molecule has 2 bridgehead atoms. The van der Waals surface area contributed by atoms with Crippen molar-refractivity contribution in [3.05, 3.63) is 48.4 Å². The lowest BCUT2D eigenvalue weighted by atomic mass is 9.97. The first-order valence-corrected chi connectivity index (χ1v) is 9.62. The first-order chi connectivity index (χ1) is 13.7. The van der Waals surface area contributed by atoms with Crippen LogP contribution in [0.1, 0.15) is 42.2 Å². The number of amides is 1. The Labute approximate surface area is 162 Å². The van der Waals surface area contributed by atoms with E-state index in [4.69, 9.17) is 4.74 Å². The van der Waals surface area contributed by atoms with Crippen LogP contribution in [0.15, 0.2) is 42.7 Å². The number of hydrogen-bond acceptors (Lipinski definition) is 5. The Morgan fingerprint density at radius 1 is 1.11 bits per heavy atom. The molecule has 0 radical (unpaired) electrons. The van der Waals surface area contributed by atoms with E-state index in [-0.39, 0.29) is 24.0 Å². The van der Waals surface area contributed by atoms with Crippen LogP contribution in [0.5, 0.6) is 5.75 Å². The number of ether oxygens (including phenoxy) is 1. The van der Waals surface area contributed by atoms with E-state index in [9.17, 15) is 4.79 Å². The molecule has 2 aromatic heterocycles. The molecule has 1 N–H and O–H groups in total. The normalized spacial score (nSPS) is 23.8. The molecule has 1 amide bonds. The second-order valence-corrected chi connectivity index (χ2v) is 7.44. The summed E-state index contributed by atoms with van der Waals surface area (Å²) in [6, 6.07) is 10.2. The van der Waals surface area contributed by atoms with Crippen molar-refractivity contribution in [3.8, 4) is 17.0 Å². The Balaban J connectivity index is 1.37. The SMILES string of the molecule is COc1ccccc1-c1cc(C(=O)N2C3CCC2CC(n2nccn2)C3)[nH]n1. The number of benzene rings is 1. The molecule has 5 rings (SSSR count). The summed E-state index contributed by atoms with van der Waals surface area (Å²) in [5.74, 6) is 0.758. The molecule has 2 unspecified atom stereocenters. The molecule has 2 saturated heterocycles. The van der Waals surface area contributed by atoms with Crippen LogP contribution in [0.25, 0.3) is 11.3 Å². The average molecular weight is 378 g/mol. The van der Waals surface area contributed by atoms with Gasteiger partial charge in [0.2, 0.25) is 0 Å². The van der Waals surface area contributed by atoms with Crippen molar-refractivity contribution in [1.82, 2.24) is 30.1 Å². The van der Waals surface area contributed by atoms with Crippen molar-refractivity contribution in [2.75, 3.05) is 7.11 Å². The van der Waals surface area contributed by atoms with Gasteiger partial charge >= 0.3 is 0 Å². The van der Waals surface area contributed by atoms with Crippen LogP contribution < -0.4 is 4.74 Å². The van der Waals surface area contributed by atoms with Gasteiger partial charge in [-0.2, -0.15) is 20.1 Å². The molecule has 0 aliphatic carbocycles. The summed E-state index contributed by atoms with van der Waals surface area (Å²) in [4.78, 5) is 17.1. The van der Waals surface area contributed by atoms with Gasteiger partial charge in [0.25, 0.3) is 5.91 Å². The Morgan fingerprint density at radius 3 is 2.54 bits per heavy atom. The largest absolute Gasteiger partial charge is 0.496 e. The van der Waals surface area contributed by atoms with Crippen molar-refractivity contribution < 1.29 is 9.53 Å². The number of aromatic amines is 1. The summed E-state index contributed by atoms with van der Waals surface area (Å²) >= 11 is 0. The van der Waals surface area contributed by atoms with Gasteiger partial charge in [0.15, 0.2) is 0 Å². The summed E-state index contributed by atoms with van der Waals surface area (Å²) in [5.41, 5.74) is 2.10. The Kier molecular flexibility index (Phi) is 4.11. The van der Waals surface area contributed by atoms with Gasteiger partial charge < -0.3 is 9.64 Å². The molecule has 3 aromatic rings. The molecule has 1 aromatic carbocycles. The third-order valence-electron chi connectivity index (χ3n) is 5.90. The highest BCUT2D eigenvalue weighted by Gasteiger charge is 2.44. The predicted octanol–water partition coefficient (Wildman–Crippen LogP) is 2.69. The van der Waals surface area contributed by atoms with Crippen LogP contribution in [-0.2, 0) is 0 Å². The van der Waals surface area contributed by atoms with Crippen molar-refractivity contribution in [3.63, 3.8) is 0 Å². The monoisotopic (exact) mass is 378 g/mol. The Bertz CT molecular complexity index is 968. The maximum Gasteiger partial charge on any atom is 0.272 e. The number of hydrogen-bond donors (Lipinski definition) is 1. The van der Waals surface area contributed by atoms with E-state index in [2.05, 4.69) is 20.4 Å². The van der Waals surface area contributed by atoms with Crippen molar-refractivity contribution >= 4 is 5.91 Å². The van der Waals surface area contributed by atoms with Crippen LogP contribution in [0.2, 0.25) is 0 Å². The summed E-state index contributed by atoms with van der Waals surface area (Å²) in [7, 11) is 1.63. The van der Waals surface area contributed by atoms with Gasteiger partial charge in [-0.05, 0) is 43.9 Å². The number of piperidine rings is 1. The number of carbonyl (C=O) groups excluding carboxylic acids is 1.